The summed E-state index contributed by atoms with van der Waals surface area (Å²) in [4.78, 5) is 0.161. The topological polar surface area (TPSA) is 44.5 Å². The van der Waals surface area contributed by atoms with Gasteiger partial charge in [-0.15, -0.1) is 0 Å². The van der Waals surface area contributed by atoms with Crippen LogP contribution in [0.3, 0.4) is 0 Å². The van der Waals surface area contributed by atoms with Crippen LogP contribution in [0.1, 0.15) is 5.56 Å². The van der Waals surface area contributed by atoms with E-state index in [0.29, 0.717) is 17.1 Å². The van der Waals surface area contributed by atoms with E-state index >= 15 is 0 Å². The second-order valence-electron chi connectivity index (χ2n) is 3.40. The molecular formula is C11H12F3NO2S2. The average molecular weight is 311 g/mol. The summed E-state index contributed by atoms with van der Waals surface area (Å²) >= 11 is 4.69. The SMILES string of the molecule is COc1cc(OCCSC(F)(F)F)cc(C(N)=S)c1. The molecule has 0 fully saturated rings. The Morgan fingerprint density at radius 2 is 1.95 bits per heavy atom. The Morgan fingerprint density at radius 1 is 1.32 bits per heavy atom. The largest absolute Gasteiger partial charge is 0.497 e. The Bertz CT molecular complexity index is 452. The lowest BCUT2D eigenvalue weighted by molar-refractivity contribution is -0.0329. The zero-order valence-corrected chi connectivity index (χ0v) is 11.6. The standard InChI is InChI=1S/C11H12F3NO2S2/c1-16-8-4-7(10(15)18)5-9(6-8)17-2-3-19-11(12,13)14/h4-6H,2-3H2,1H3,(H2,15,18). The minimum Gasteiger partial charge on any atom is -0.497 e. The van der Waals surface area contributed by atoms with Crippen molar-refractivity contribution in [2.75, 3.05) is 19.5 Å². The first kappa shape index (κ1) is 15.9. The first-order chi connectivity index (χ1) is 8.81. The van der Waals surface area contributed by atoms with Crippen molar-refractivity contribution in [3.63, 3.8) is 0 Å². The number of methoxy groups -OCH3 is 1. The Balaban J connectivity index is 2.62. The summed E-state index contributed by atoms with van der Waals surface area (Å²) in [6.45, 7) is -0.0753. The van der Waals surface area contributed by atoms with E-state index in [1.165, 1.54) is 7.11 Å². The van der Waals surface area contributed by atoms with Gasteiger partial charge < -0.3 is 15.2 Å². The maximum absolute atomic E-state index is 11.9. The highest BCUT2D eigenvalue weighted by Gasteiger charge is 2.27. The van der Waals surface area contributed by atoms with Crippen LogP contribution in [0.5, 0.6) is 11.5 Å². The van der Waals surface area contributed by atoms with E-state index in [1.54, 1.807) is 18.2 Å². The lowest BCUT2D eigenvalue weighted by Gasteiger charge is -2.10. The number of rotatable bonds is 6. The average Bonchev–Trinajstić information content (AvgIpc) is 2.33. The monoisotopic (exact) mass is 311 g/mol. The zero-order chi connectivity index (χ0) is 14.5. The molecule has 3 nitrogen and oxygen atoms in total. The Hall–Kier alpha value is -1.15. The summed E-state index contributed by atoms with van der Waals surface area (Å²) in [6.07, 6.45) is 0. The van der Waals surface area contributed by atoms with Crippen molar-refractivity contribution in [1.82, 2.24) is 0 Å². The molecule has 0 spiro atoms. The predicted molar refractivity (Wildman–Crippen MR) is 72.9 cm³/mol. The van der Waals surface area contributed by atoms with E-state index in [4.69, 9.17) is 27.4 Å². The van der Waals surface area contributed by atoms with Gasteiger partial charge in [0, 0.05) is 17.4 Å². The smallest absolute Gasteiger partial charge is 0.441 e. The van der Waals surface area contributed by atoms with E-state index < -0.39 is 5.51 Å². The second-order valence-corrected chi connectivity index (χ2v) is 5.00. The van der Waals surface area contributed by atoms with Gasteiger partial charge in [-0.05, 0) is 23.9 Å². The van der Waals surface area contributed by atoms with Gasteiger partial charge in [-0.25, -0.2) is 0 Å². The number of thiocarbonyl (C=S) groups is 1. The van der Waals surface area contributed by atoms with E-state index in [2.05, 4.69) is 0 Å². The summed E-state index contributed by atoms with van der Waals surface area (Å²) in [5, 5.41) is 0. The van der Waals surface area contributed by atoms with Gasteiger partial charge in [0.1, 0.15) is 16.5 Å². The maximum Gasteiger partial charge on any atom is 0.441 e. The molecule has 0 aliphatic rings. The highest BCUT2D eigenvalue weighted by Crippen LogP contribution is 2.30. The molecule has 0 heterocycles. The molecule has 0 radical (unpaired) electrons. The molecule has 0 atom stereocenters. The fourth-order valence-corrected chi connectivity index (χ4v) is 1.75. The summed E-state index contributed by atoms with van der Waals surface area (Å²) < 4.78 is 46.0. The molecule has 2 N–H and O–H groups in total. The number of hydrogen-bond acceptors (Lipinski definition) is 4. The van der Waals surface area contributed by atoms with Crippen molar-refractivity contribution in [2.45, 2.75) is 5.51 Å². The predicted octanol–water partition coefficient (Wildman–Crippen LogP) is 2.96. The third-order valence-electron chi connectivity index (χ3n) is 2.02. The third-order valence-corrected chi connectivity index (χ3v) is 2.95. The minimum absolute atomic E-state index is 0.0753. The Labute approximate surface area is 118 Å². The van der Waals surface area contributed by atoms with Gasteiger partial charge in [0.15, 0.2) is 0 Å². The third kappa shape index (κ3) is 6.02. The van der Waals surface area contributed by atoms with Crippen LogP contribution in [0, 0.1) is 0 Å². The molecule has 1 rings (SSSR count). The highest BCUT2D eigenvalue weighted by molar-refractivity contribution is 8.00. The molecule has 1 aromatic carbocycles. The Morgan fingerprint density at radius 3 is 2.47 bits per heavy atom. The first-order valence-electron chi connectivity index (χ1n) is 5.14. The summed E-state index contributed by atoms with van der Waals surface area (Å²) in [5.41, 5.74) is 1.77. The fourth-order valence-electron chi connectivity index (χ4n) is 1.23. The van der Waals surface area contributed by atoms with Crippen LogP contribution in [0.15, 0.2) is 18.2 Å². The van der Waals surface area contributed by atoms with Crippen molar-refractivity contribution < 1.29 is 22.6 Å². The number of alkyl halides is 3. The number of hydrogen-bond donors (Lipinski definition) is 1. The van der Waals surface area contributed by atoms with Crippen molar-refractivity contribution in [3.05, 3.63) is 23.8 Å². The summed E-state index contributed by atoms with van der Waals surface area (Å²) in [5.74, 6) is 0.650. The van der Waals surface area contributed by atoms with Crippen LogP contribution in [0.4, 0.5) is 13.2 Å². The van der Waals surface area contributed by atoms with Crippen molar-refractivity contribution >= 4 is 29.0 Å². The summed E-state index contributed by atoms with van der Waals surface area (Å²) in [7, 11) is 1.46. The van der Waals surface area contributed by atoms with Gasteiger partial charge in [0.2, 0.25) is 0 Å². The molecule has 1 aromatic rings. The van der Waals surface area contributed by atoms with Crippen LogP contribution in [0.2, 0.25) is 0 Å². The maximum atomic E-state index is 11.9. The number of benzene rings is 1. The molecular weight excluding hydrogens is 299 g/mol. The Kier molecular flexibility index (Phi) is 5.74. The fraction of sp³-hybridized carbons (Fsp3) is 0.364. The van der Waals surface area contributed by atoms with E-state index in [9.17, 15) is 13.2 Å². The first-order valence-corrected chi connectivity index (χ1v) is 6.53. The van der Waals surface area contributed by atoms with Gasteiger partial charge in [-0.2, -0.15) is 13.2 Å². The van der Waals surface area contributed by atoms with Crippen LogP contribution in [0.25, 0.3) is 0 Å². The van der Waals surface area contributed by atoms with Crippen molar-refractivity contribution in [3.8, 4) is 11.5 Å². The minimum atomic E-state index is -4.25. The lowest BCUT2D eigenvalue weighted by Crippen LogP contribution is -2.11. The number of thioether (sulfide) groups is 1. The quantitative estimate of drug-likeness (QED) is 0.646. The number of halogens is 3. The molecule has 0 aliphatic heterocycles. The normalized spacial score (nSPS) is 11.2. The van der Waals surface area contributed by atoms with E-state index in [1.807, 2.05) is 0 Å². The van der Waals surface area contributed by atoms with Crippen LogP contribution < -0.4 is 15.2 Å². The lowest BCUT2D eigenvalue weighted by atomic mass is 10.2. The van der Waals surface area contributed by atoms with E-state index in [-0.39, 0.29) is 29.1 Å². The van der Waals surface area contributed by atoms with Crippen LogP contribution in [-0.4, -0.2) is 30.0 Å². The van der Waals surface area contributed by atoms with Gasteiger partial charge in [0.25, 0.3) is 0 Å². The molecule has 0 amide bonds. The summed E-state index contributed by atoms with van der Waals surface area (Å²) in [6, 6.07) is 4.74. The van der Waals surface area contributed by atoms with Crippen LogP contribution >= 0.6 is 24.0 Å². The van der Waals surface area contributed by atoms with Crippen molar-refractivity contribution in [1.29, 1.82) is 0 Å². The zero-order valence-electron chi connectivity index (χ0n) is 9.99. The van der Waals surface area contributed by atoms with Gasteiger partial charge in [-0.1, -0.05) is 12.2 Å². The van der Waals surface area contributed by atoms with Crippen LogP contribution in [-0.2, 0) is 0 Å². The molecule has 0 aliphatic carbocycles. The second kappa shape index (κ2) is 6.85. The molecule has 19 heavy (non-hydrogen) atoms. The van der Waals surface area contributed by atoms with Crippen molar-refractivity contribution in [2.24, 2.45) is 5.73 Å². The molecule has 0 bridgehead atoms. The number of ether oxygens (including phenoxy) is 2. The highest BCUT2D eigenvalue weighted by atomic mass is 32.2. The van der Waals surface area contributed by atoms with Gasteiger partial charge in [0.05, 0.1) is 13.7 Å². The molecule has 0 unspecified atom stereocenters. The molecule has 0 saturated heterocycles. The van der Waals surface area contributed by atoms with E-state index in [0.717, 1.165) is 0 Å². The number of nitrogens with two attached hydrogens (primary N) is 1. The molecule has 8 heteroatoms. The molecule has 0 aromatic heterocycles. The van der Waals surface area contributed by atoms with Gasteiger partial charge in [-0.3, -0.25) is 0 Å². The molecule has 0 saturated carbocycles. The van der Waals surface area contributed by atoms with Gasteiger partial charge >= 0.3 is 5.51 Å². The molecule has 106 valence electrons.